The van der Waals surface area contributed by atoms with Crippen molar-refractivity contribution in [3.8, 4) is 28.4 Å². The van der Waals surface area contributed by atoms with E-state index in [1.165, 1.54) is 0 Å². The minimum Gasteiger partial charge on any atom is -0.497 e. The van der Waals surface area contributed by atoms with Crippen molar-refractivity contribution < 1.29 is 33.3 Å². The van der Waals surface area contributed by atoms with Crippen molar-refractivity contribution >= 4 is 11.9 Å². The molecule has 42 heavy (non-hydrogen) atoms. The Morgan fingerprint density at radius 1 is 0.667 bits per heavy atom. The number of esters is 2. The smallest absolute Gasteiger partial charge is 0.343 e. The number of ether oxygens (including phenoxy) is 5. The lowest BCUT2D eigenvalue weighted by Crippen LogP contribution is -2.34. The van der Waals surface area contributed by atoms with Crippen LogP contribution in [0.5, 0.6) is 17.2 Å². The Hall–Kier alpha value is -3.84. The van der Waals surface area contributed by atoms with Crippen LogP contribution in [0.4, 0.5) is 0 Å². The largest absolute Gasteiger partial charge is 0.497 e. The molecule has 0 heterocycles. The van der Waals surface area contributed by atoms with Gasteiger partial charge in [0.25, 0.3) is 0 Å². The summed E-state index contributed by atoms with van der Waals surface area (Å²) >= 11 is 0. The van der Waals surface area contributed by atoms with Crippen molar-refractivity contribution in [1.82, 2.24) is 0 Å². The molecular formula is C35H44O7. The van der Waals surface area contributed by atoms with Gasteiger partial charge in [0.15, 0.2) is 0 Å². The van der Waals surface area contributed by atoms with Crippen molar-refractivity contribution in [2.45, 2.75) is 48.0 Å². The second kappa shape index (κ2) is 14.9. The second-order valence-electron chi connectivity index (χ2n) is 12.5. The summed E-state index contributed by atoms with van der Waals surface area (Å²) in [5.74, 6) is 1.07. The molecule has 7 nitrogen and oxygen atoms in total. The summed E-state index contributed by atoms with van der Waals surface area (Å²) in [4.78, 5) is 25.3. The predicted molar refractivity (Wildman–Crippen MR) is 164 cm³/mol. The Kier molecular flexibility index (Phi) is 11.6. The normalized spacial score (nSPS) is 12.4. The van der Waals surface area contributed by atoms with Crippen LogP contribution in [0.3, 0.4) is 0 Å². The quantitative estimate of drug-likeness (QED) is 0.118. The Bertz CT molecular complexity index is 1270. The Balaban J connectivity index is 1.36. The number of hydrogen-bond acceptors (Lipinski definition) is 7. The molecule has 0 spiro atoms. The van der Waals surface area contributed by atoms with Crippen molar-refractivity contribution in [3.63, 3.8) is 0 Å². The van der Waals surface area contributed by atoms with Gasteiger partial charge in [-0.2, -0.15) is 0 Å². The van der Waals surface area contributed by atoms with Crippen LogP contribution in [0.2, 0.25) is 0 Å². The van der Waals surface area contributed by atoms with Crippen LogP contribution >= 0.6 is 0 Å². The molecule has 226 valence electrons. The standard InChI is InChI=1S/C35H44O7/c1-34(2,3)24-31(35(4,5)6)33(37)41-23-21-39-20-22-40-29-16-12-27(13-17-29)32(36)42-30-18-10-26(11-19-30)25-8-14-28(38-7)15-9-25/h8-19,31H,20-24H2,1-7H3. The van der Waals surface area contributed by atoms with Gasteiger partial charge >= 0.3 is 11.9 Å². The van der Waals surface area contributed by atoms with Gasteiger partial charge in [-0.25, -0.2) is 4.79 Å². The fourth-order valence-electron chi connectivity index (χ4n) is 4.33. The maximum absolute atomic E-state index is 12.7. The van der Waals surface area contributed by atoms with E-state index in [1.807, 2.05) is 36.4 Å². The molecule has 0 bridgehead atoms. The van der Waals surface area contributed by atoms with E-state index in [0.29, 0.717) is 36.9 Å². The summed E-state index contributed by atoms with van der Waals surface area (Å²) in [5, 5.41) is 0. The highest BCUT2D eigenvalue weighted by Gasteiger charge is 2.35. The summed E-state index contributed by atoms with van der Waals surface area (Å²) in [5.41, 5.74) is 2.33. The summed E-state index contributed by atoms with van der Waals surface area (Å²) in [6.45, 7) is 13.8. The van der Waals surface area contributed by atoms with E-state index >= 15 is 0 Å². The van der Waals surface area contributed by atoms with Crippen molar-refractivity contribution in [2.75, 3.05) is 33.5 Å². The Morgan fingerprint density at radius 3 is 1.71 bits per heavy atom. The number of benzene rings is 3. The molecule has 0 aromatic heterocycles. The third-order valence-corrected chi connectivity index (χ3v) is 6.69. The summed E-state index contributed by atoms with van der Waals surface area (Å²) in [7, 11) is 1.63. The third-order valence-electron chi connectivity index (χ3n) is 6.69. The molecule has 0 aliphatic heterocycles. The molecule has 0 saturated heterocycles. The maximum Gasteiger partial charge on any atom is 0.343 e. The van der Waals surface area contributed by atoms with Crippen LogP contribution < -0.4 is 14.2 Å². The second-order valence-corrected chi connectivity index (χ2v) is 12.5. The topological polar surface area (TPSA) is 80.3 Å². The van der Waals surface area contributed by atoms with Gasteiger partial charge in [0.2, 0.25) is 0 Å². The van der Waals surface area contributed by atoms with Gasteiger partial charge in [0.1, 0.15) is 30.5 Å². The number of rotatable bonds is 13. The predicted octanol–water partition coefficient (Wildman–Crippen LogP) is 7.62. The zero-order chi connectivity index (χ0) is 30.8. The first-order chi connectivity index (χ1) is 19.9. The molecule has 3 rings (SSSR count). The van der Waals surface area contributed by atoms with Crippen LogP contribution in [0.25, 0.3) is 11.1 Å². The lowest BCUT2D eigenvalue weighted by atomic mass is 9.72. The number of methoxy groups -OCH3 is 1. The molecule has 7 heteroatoms. The van der Waals surface area contributed by atoms with E-state index < -0.39 is 5.97 Å². The summed E-state index contributed by atoms with van der Waals surface area (Å²) in [6.07, 6.45) is 0.763. The van der Waals surface area contributed by atoms with E-state index in [1.54, 1.807) is 43.5 Å². The molecule has 1 unspecified atom stereocenters. The van der Waals surface area contributed by atoms with Crippen molar-refractivity contribution in [1.29, 1.82) is 0 Å². The zero-order valence-corrected chi connectivity index (χ0v) is 25.9. The average molecular weight is 577 g/mol. The fraction of sp³-hybridized carbons (Fsp3) is 0.429. The van der Waals surface area contributed by atoms with E-state index in [9.17, 15) is 9.59 Å². The first kappa shape index (κ1) is 32.7. The highest BCUT2D eigenvalue weighted by atomic mass is 16.6. The molecule has 0 fully saturated rings. The minimum absolute atomic E-state index is 0.0363. The van der Waals surface area contributed by atoms with Gasteiger partial charge < -0.3 is 23.7 Å². The van der Waals surface area contributed by atoms with Gasteiger partial charge in [0, 0.05) is 0 Å². The van der Waals surface area contributed by atoms with Gasteiger partial charge in [-0.05, 0) is 76.9 Å². The van der Waals surface area contributed by atoms with Gasteiger partial charge in [-0.15, -0.1) is 0 Å². The van der Waals surface area contributed by atoms with Gasteiger partial charge in [-0.1, -0.05) is 65.8 Å². The first-order valence-corrected chi connectivity index (χ1v) is 14.3. The number of hydrogen-bond donors (Lipinski definition) is 0. The third kappa shape index (κ3) is 10.5. The molecule has 0 aliphatic rings. The van der Waals surface area contributed by atoms with E-state index in [-0.39, 0.29) is 29.3 Å². The van der Waals surface area contributed by atoms with E-state index in [4.69, 9.17) is 23.7 Å². The Morgan fingerprint density at radius 2 is 1.19 bits per heavy atom. The molecule has 3 aromatic rings. The van der Waals surface area contributed by atoms with Crippen LogP contribution in [-0.2, 0) is 14.3 Å². The van der Waals surface area contributed by atoms with Crippen LogP contribution in [-0.4, -0.2) is 45.5 Å². The molecule has 0 radical (unpaired) electrons. The van der Waals surface area contributed by atoms with Crippen LogP contribution in [0.1, 0.15) is 58.3 Å². The van der Waals surface area contributed by atoms with Gasteiger partial charge in [0.05, 0.1) is 31.8 Å². The summed E-state index contributed by atoms with van der Waals surface area (Å²) in [6, 6.07) is 21.9. The highest BCUT2D eigenvalue weighted by Crippen LogP contribution is 2.36. The molecule has 0 aliphatic carbocycles. The number of carbonyl (C=O) groups is 2. The lowest BCUT2D eigenvalue weighted by Gasteiger charge is -2.33. The van der Waals surface area contributed by atoms with Gasteiger partial charge in [-0.3, -0.25) is 4.79 Å². The molecular weight excluding hydrogens is 532 g/mol. The number of carbonyl (C=O) groups excluding carboxylic acids is 2. The van der Waals surface area contributed by atoms with Crippen molar-refractivity contribution in [2.24, 2.45) is 16.7 Å². The molecule has 0 N–H and O–H groups in total. The minimum atomic E-state index is -0.451. The van der Waals surface area contributed by atoms with Crippen LogP contribution in [0.15, 0.2) is 72.8 Å². The zero-order valence-electron chi connectivity index (χ0n) is 25.9. The summed E-state index contributed by atoms with van der Waals surface area (Å²) < 4.78 is 27.5. The molecule has 0 saturated carbocycles. The highest BCUT2D eigenvalue weighted by molar-refractivity contribution is 5.91. The van der Waals surface area contributed by atoms with Crippen molar-refractivity contribution in [3.05, 3.63) is 78.4 Å². The maximum atomic E-state index is 12.7. The van der Waals surface area contributed by atoms with E-state index in [0.717, 1.165) is 23.3 Å². The molecule has 3 aromatic carbocycles. The fourth-order valence-corrected chi connectivity index (χ4v) is 4.33. The SMILES string of the molecule is COc1ccc(-c2ccc(OC(=O)c3ccc(OCCOCCOC(=O)C(CC(C)(C)C)C(C)(C)C)cc3)cc2)cc1. The first-order valence-electron chi connectivity index (χ1n) is 14.3. The Labute approximate surface area is 250 Å². The lowest BCUT2D eigenvalue weighted by molar-refractivity contribution is -0.155. The monoisotopic (exact) mass is 576 g/mol. The average Bonchev–Trinajstić information content (AvgIpc) is 2.95. The molecule has 1 atom stereocenters. The van der Waals surface area contributed by atoms with E-state index in [2.05, 4.69) is 41.5 Å². The molecule has 0 amide bonds. The van der Waals surface area contributed by atoms with Crippen LogP contribution in [0, 0.1) is 16.7 Å².